The van der Waals surface area contributed by atoms with Crippen LogP contribution in [0.2, 0.25) is 0 Å². The normalized spacial score (nSPS) is 24.6. The molecule has 0 aromatic carbocycles. The van der Waals surface area contributed by atoms with Crippen LogP contribution in [0, 0.1) is 5.92 Å². The van der Waals surface area contributed by atoms with Crippen molar-refractivity contribution in [3.63, 3.8) is 0 Å². The Morgan fingerprint density at radius 1 is 1.79 bits per heavy atom. The molecule has 1 aromatic heterocycles. The van der Waals surface area contributed by atoms with Crippen molar-refractivity contribution in [1.29, 1.82) is 0 Å². The minimum Gasteiger partial charge on any atom is -0.397 e. The second kappa shape index (κ2) is 3.36. The van der Waals surface area contributed by atoms with Gasteiger partial charge in [-0.25, -0.2) is 0 Å². The summed E-state index contributed by atoms with van der Waals surface area (Å²) in [4.78, 5) is 14.4. The minimum absolute atomic E-state index is 0.0531. The summed E-state index contributed by atoms with van der Waals surface area (Å²) >= 11 is 0. The summed E-state index contributed by atoms with van der Waals surface area (Å²) in [6, 6.07) is 2.02. The van der Waals surface area contributed by atoms with E-state index >= 15 is 0 Å². The molecule has 1 heterocycles. The fraction of sp³-hybridized carbons (Fsp3) is 0.500. The highest BCUT2D eigenvalue weighted by molar-refractivity contribution is 5.93. The van der Waals surface area contributed by atoms with Gasteiger partial charge in [0.05, 0.1) is 0 Å². The lowest BCUT2D eigenvalue weighted by Gasteiger charge is -2.01. The Balaban J connectivity index is 1.91. The standard InChI is InChI=1S/C10H15N3O/c1-2-6-3-8(6)13-10(14)9-4-7(11)5-12-9/h4-6,8,12H,2-3,11H2,1H3,(H,13,14). The fourth-order valence-corrected chi connectivity index (χ4v) is 1.66. The number of nitrogens with two attached hydrogens (primary N) is 1. The molecule has 4 N–H and O–H groups in total. The third kappa shape index (κ3) is 1.73. The number of nitrogen functional groups attached to an aromatic ring is 1. The van der Waals surface area contributed by atoms with E-state index in [2.05, 4.69) is 17.2 Å². The van der Waals surface area contributed by atoms with Crippen molar-refractivity contribution >= 4 is 11.6 Å². The zero-order valence-electron chi connectivity index (χ0n) is 8.21. The van der Waals surface area contributed by atoms with E-state index in [1.807, 2.05) is 0 Å². The van der Waals surface area contributed by atoms with Crippen molar-refractivity contribution in [1.82, 2.24) is 10.3 Å². The smallest absolute Gasteiger partial charge is 0.267 e. The summed E-state index contributed by atoms with van der Waals surface area (Å²) in [5, 5.41) is 2.96. The molecule has 0 aliphatic heterocycles. The number of carbonyl (C=O) groups excluding carboxylic acids is 1. The van der Waals surface area contributed by atoms with Crippen LogP contribution in [0.5, 0.6) is 0 Å². The first-order valence-corrected chi connectivity index (χ1v) is 4.95. The second-order valence-electron chi connectivity index (χ2n) is 3.83. The van der Waals surface area contributed by atoms with Gasteiger partial charge in [-0.05, 0) is 18.4 Å². The summed E-state index contributed by atoms with van der Waals surface area (Å²) in [5.41, 5.74) is 6.65. The molecular formula is C10H15N3O. The fourth-order valence-electron chi connectivity index (χ4n) is 1.66. The molecule has 4 nitrogen and oxygen atoms in total. The molecule has 2 atom stereocenters. The predicted molar refractivity (Wildman–Crippen MR) is 54.9 cm³/mol. The van der Waals surface area contributed by atoms with Crippen LogP contribution in [0.3, 0.4) is 0 Å². The molecular weight excluding hydrogens is 178 g/mol. The van der Waals surface area contributed by atoms with Crippen LogP contribution in [0.25, 0.3) is 0 Å². The quantitative estimate of drug-likeness (QED) is 0.673. The first-order valence-electron chi connectivity index (χ1n) is 4.95. The summed E-state index contributed by atoms with van der Waals surface area (Å²) in [6.07, 6.45) is 3.87. The lowest BCUT2D eigenvalue weighted by molar-refractivity contribution is 0.0944. The number of hydrogen-bond acceptors (Lipinski definition) is 2. The van der Waals surface area contributed by atoms with Gasteiger partial charge >= 0.3 is 0 Å². The molecule has 0 spiro atoms. The van der Waals surface area contributed by atoms with Crippen LogP contribution in [0.1, 0.15) is 30.3 Å². The topological polar surface area (TPSA) is 70.9 Å². The summed E-state index contributed by atoms with van der Waals surface area (Å²) in [7, 11) is 0. The van der Waals surface area contributed by atoms with Gasteiger partial charge in [0, 0.05) is 17.9 Å². The maximum atomic E-state index is 11.6. The molecule has 2 rings (SSSR count). The highest BCUT2D eigenvalue weighted by Gasteiger charge is 2.36. The largest absolute Gasteiger partial charge is 0.397 e. The van der Waals surface area contributed by atoms with Gasteiger partial charge in [0.2, 0.25) is 0 Å². The highest BCUT2D eigenvalue weighted by atomic mass is 16.2. The molecule has 2 unspecified atom stereocenters. The SMILES string of the molecule is CCC1CC1NC(=O)c1cc(N)c[nH]1. The average molecular weight is 193 g/mol. The number of H-pyrrole nitrogens is 1. The van der Waals surface area contributed by atoms with E-state index in [1.54, 1.807) is 12.3 Å². The van der Waals surface area contributed by atoms with Crippen LogP contribution in [-0.4, -0.2) is 16.9 Å². The molecule has 1 saturated carbocycles. The number of carbonyl (C=O) groups is 1. The van der Waals surface area contributed by atoms with Gasteiger partial charge in [0.25, 0.3) is 5.91 Å². The second-order valence-corrected chi connectivity index (χ2v) is 3.83. The third-order valence-corrected chi connectivity index (χ3v) is 2.71. The number of rotatable bonds is 3. The Morgan fingerprint density at radius 3 is 3.07 bits per heavy atom. The van der Waals surface area contributed by atoms with Gasteiger partial charge in [0.1, 0.15) is 5.69 Å². The molecule has 4 heteroatoms. The third-order valence-electron chi connectivity index (χ3n) is 2.71. The maximum Gasteiger partial charge on any atom is 0.267 e. The van der Waals surface area contributed by atoms with E-state index in [0.717, 1.165) is 12.8 Å². The summed E-state index contributed by atoms with van der Waals surface area (Å²) < 4.78 is 0. The summed E-state index contributed by atoms with van der Waals surface area (Å²) in [5.74, 6) is 0.619. The van der Waals surface area contributed by atoms with Gasteiger partial charge in [-0.15, -0.1) is 0 Å². The molecule has 14 heavy (non-hydrogen) atoms. The van der Waals surface area contributed by atoms with Crippen molar-refractivity contribution in [2.45, 2.75) is 25.8 Å². The number of nitrogens with one attached hydrogen (secondary N) is 2. The number of aromatic amines is 1. The maximum absolute atomic E-state index is 11.6. The highest BCUT2D eigenvalue weighted by Crippen LogP contribution is 2.33. The van der Waals surface area contributed by atoms with E-state index < -0.39 is 0 Å². The van der Waals surface area contributed by atoms with Crippen LogP contribution in [0.4, 0.5) is 5.69 Å². The Labute approximate surface area is 82.9 Å². The average Bonchev–Trinajstić information content (AvgIpc) is 2.77. The molecule has 1 amide bonds. The molecule has 0 radical (unpaired) electrons. The van der Waals surface area contributed by atoms with Gasteiger partial charge in [-0.3, -0.25) is 4.79 Å². The molecule has 0 bridgehead atoms. The van der Waals surface area contributed by atoms with Gasteiger partial charge in [0.15, 0.2) is 0 Å². The monoisotopic (exact) mass is 193 g/mol. The Hall–Kier alpha value is -1.45. The van der Waals surface area contributed by atoms with E-state index in [-0.39, 0.29) is 5.91 Å². The molecule has 1 aliphatic rings. The number of aromatic nitrogens is 1. The Kier molecular flexibility index (Phi) is 2.19. The van der Waals surface area contributed by atoms with Crippen LogP contribution < -0.4 is 11.1 Å². The van der Waals surface area contributed by atoms with Crippen molar-refractivity contribution in [3.8, 4) is 0 Å². The number of anilines is 1. The zero-order valence-corrected chi connectivity index (χ0v) is 8.21. The van der Waals surface area contributed by atoms with E-state index in [4.69, 9.17) is 5.73 Å². The van der Waals surface area contributed by atoms with E-state index in [0.29, 0.717) is 23.3 Å². The lowest BCUT2D eigenvalue weighted by atomic mass is 10.3. The molecule has 1 aliphatic carbocycles. The van der Waals surface area contributed by atoms with E-state index in [9.17, 15) is 4.79 Å². The van der Waals surface area contributed by atoms with Crippen LogP contribution in [-0.2, 0) is 0 Å². The lowest BCUT2D eigenvalue weighted by Crippen LogP contribution is -2.26. The van der Waals surface area contributed by atoms with Crippen LogP contribution in [0.15, 0.2) is 12.3 Å². The van der Waals surface area contributed by atoms with Crippen molar-refractivity contribution < 1.29 is 4.79 Å². The first kappa shape index (κ1) is 9.12. The minimum atomic E-state index is -0.0531. The summed E-state index contributed by atoms with van der Waals surface area (Å²) in [6.45, 7) is 2.14. The van der Waals surface area contributed by atoms with Gasteiger partial charge in [-0.1, -0.05) is 13.3 Å². The zero-order chi connectivity index (χ0) is 10.1. The Morgan fingerprint density at radius 2 is 2.57 bits per heavy atom. The van der Waals surface area contributed by atoms with Gasteiger partial charge in [-0.2, -0.15) is 0 Å². The van der Waals surface area contributed by atoms with Crippen molar-refractivity contribution in [3.05, 3.63) is 18.0 Å². The number of hydrogen-bond donors (Lipinski definition) is 3. The number of amides is 1. The molecule has 0 saturated heterocycles. The van der Waals surface area contributed by atoms with E-state index in [1.165, 1.54) is 0 Å². The molecule has 1 aromatic rings. The predicted octanol–water partition coefficient (Wildman–Crippen LogP) is 1.13. The van der Waals surface area contributed by atoms with Crippen molar-refractivity contribution in [2.75, 3.05) is 5.73 Å². The first-order chi connectivity index (χ1) is 6.70. The Bertz CT molecular complexity index is 345. The van der Waals surface area contributed by atoms with Gasteiger partial charge < -0.3 is 16.0 Å². The molecule has 76 valence electrons. The van der Waals surface area contributed by atoms with Crippen molar-refractivity contribution in [2.24, 2.45) is 5.92 Å². The van der Waals surface area contributed by atoms with Crippen LogP contribution >= 0.6 is 0 Å². The molecule has 1 fully saturated rings.